The maximum absolute atomic E-state index is 13.2. The van der Waals surface area contributed by atoms with Crippen molar-refractivity contribution >= 4 is 0 Å². The molecule has 8 heteroatoms. The molecule has 0 atom stereocenters. The van der Waals surface area contributed by atoms with Gasteiger partial charge in [-0.1, -0.05) is 0 Å². The second-order valence-electron chi connectivity index (χ2n) is 4.36. The second kappa shape index (κ2) is 5.98. The van der Waals surface area contributed by atoms with Crippen molar-refractivity contribution in [3.8, 4) is 5.88 Å². The van der Waals surface area contributed by atoms with Crippen molar-refractivity contribution < 1.29 is 14.2 Å². The highest BCUT2D eigenvalue weighted by atomic mass is 19.1. The van der Waals surface area contributed by atoms with Crippen LogP contribution in [0.3, 0.4) is 0 Å². The first-order valence-electron chi connectivity index (χ1n) is 6.11. The fourth-order valence-electron chi connectivity index (χ4n) is 2.02. The van der Waals surface area contributed by atoms with E-state index >= 15 is 0 Å². The average Bonchev–Trinajstić information content (AvgIpc) is 2.41. The Morgan fingerprint density at radius 3 is 2.63 bits per heavy atom. The summed E-state index contributed by atoms with van der Waals surface area (Å²) in [6.45, 7) is 3.87. The Morgan fingerprint density at radius 2 is 1.95 bits per heavy atom. The summed E-state index contributed by atoms with van der Waals surface area (Å²) in [5.74, 6) is -2.23. The minimum Gasteiger partial charge on any atom is -0.492 e. The summed E-state index contributed by atoms with van der Waals surface area (Å²) in [6.07, 6.45) is 0.568. The van der Waals surface area contributed by atoms with E-state index in [1.54, 1.807) is 0 Å². The Bertz CT molecular complexity index is 548. The van der Waals surface area contributed by atoms with Crippen LogP contribution in [-0.4, -0.2) is 52.4 Å². The highest BCUT2D eigenvalue weighted by molar-refractivity contribution is 5.09. The molecular formula is C11H16FN3O4. The number of aromatic nitrogens is 2. The highest BCUT2D eigenvalue weighted by Gasteiger charge is 2.14. The van der Waals surface area contributed by atoms with E-state index in [0.717, 1.165) is 24.2 Å². The third kappa shape index (κ3) is 3.21. The zero-order valence-electron chi connectivity index (χ0n) is 10.4. The summed E-state index contributed by atoms with van der Waals surface area (Å²) in [6, 6.07) is 0. The van der Waals surface area contributed by atoms with Crippen molar-refractivity contribution in [3.63, 3.8) is 0 Å². The fraction of sp³-hybridized carbons (Fsp3) is 0.636. The Balaban J connectivity index is 1.98. The minimum absolute atomic E-state index is 0.149. The van der Waals surface area contributed by atoms with Crippen LogP contribution in [-0.2, 0) is 11.3 Å². The van der Waals surface area contributed by atoms with Gasteiger partial charge in [-0.15, -0.1) is 0 Å². The molecule has 0 aliphatic carbocycles. The summed E-state index contributed by atoms with van der Waals surface area (Å²) in [7, 11) is 0. The van der Waals surface area contributed by atoms with Gasteiger partial charge in [0.25, 0.3) is 5.56 Å². The standard InChI is InChI=1S/C11H16FN3O4/c12-8-9(16)13-11(18)15(10(8)17)3-1-2-14-4-6-19-7-5-14/h17H,1-7H2,(H,13,16,18). The molecule has 106 valence electrons. The second-order valence-corrected chi connectivity index (χ2v) is 4.36. The lowest BCUT2D eigenvalue weighted by Crippen LogP contribution is -2.38. The van der Waals surface area contributed by atoms with E-state index in [0.29, 0.717) is 19.6 Å². The Labute approximate surface area is 108 Å². The fourth-order valence-corrected chi connectivity index (χ4v) is 2.02. The Morgan fingerprint density at radius 1 is 1.26 bits per heavy atom. The minimum atomic E-state index is -1.33. The van der Waals surface area contributed by atoms with Gasteiger partial charge in [0.1, 0.15) is 0 Å². The van der Waals surface area contributed by atoms with Gasteiger partial charge >= 0.3 is 5.69 Å². The van der Waals surface area contributed by atoms with Crippen LogP contribution in [0.25, 0.3) is 0 Å². The van der Waals surface area contributed by atoms with Gasteiger partial charge in [0.05, 0.1) is 13.2 Å². The molecule has 1 saturated heterocycles. The van der Waals surface area contributed by atoms with E-state index in [4.69, 9.17) is 4.74 Å². The number of aromatic hydroxyl groups is 1. The number of morpholine rings is 1. The molecular weight excluding hydrogens is 257 g/mol. The molecule has 2 N–H and O–H groups in total. The number of ether oxygens (including phenoxy) is 1. The lowest BCUT2D eigenvalue weighted by Gasteiger charge is -2.26. The van der Waals surface area contributed by atoms with Crippen molar-refractivity contribution in [1.29, 1.82) is 0 Å². The summed E-state index contributed by atoms with van der Waals surface area (Å²) in [4.78, 5) is 26.3. The predicted octanol–water partition coefficient (Wildman–Crippen LogP) is -0.896. The number of H-pyrrole nitrogens is 1. The number of halogens is 1. The molecule has 1 aromatic rings. The molecule has 7 nitrogen and oxygen atoms in total. The third-order valence-corrected chi connectivity index (χ3v) is 3.08. The van der Waals surface area contributed by atoms with Crippen molar-refractivity contribution in [3.05, 3.63) is 26.7 Å². The average molecular weight is 273 g/mol. The maximum Gasteiger partial charge on any atom is 0.331 e. The van der Waals surface area contributed by atoms with Crippen LogP contribution < -0.4 is 11.2 Å². The maximum atomic E-state index is 13.2. The van der Waals surface area contributed by atoms with E-state index in [1.165, 1.54) is 0 Å². The van der Waals surface area contributed by atoms with Gasteiger partial charge in [-0.3, -0.25) is 19.2 Å². The van der Waals surface area contributed by atoms with Crippen molar-refractivity contribution in [2.24, 2.45) is 0 Å². The summed E-state index contributed by atoms with van der Waals surface area (Å²) >= 11 is 0. The van der Waals surface area contributed by atoms with Gasteiger partial charge in [-0.2, -0.15) is 4.39 Å². The molecule has 1 aliphatic rings. The van der Waals surface area contributed by atoms with Gasteiger partial charge in [0.15, 0.2) is 0 Å². The lowest BCUT2D eigenvalue weighted by atomic mass is 10.3. The first-order valence-corrected chi connectivity index (χ1v) is 6.11. The lowest BCUT2D eigenvalue weighted by molar-refractivity contribution is 0.0368. The molecule has 1 aromatic heterocycles. The van der Waals surface area contributed by atoms with E-state index in [2.05, 4.69) is 4.90 Å². The van der Waals surface area contributed by atoms with Crippen LogP contribution in [0, 0.1) is 5.82 Å². The SMILES string of the molecule is O=c1[nH]c(=O)n(CCCN2CCOCC2)c(O)c1F. The smallest absolute Gasteiger partial charge is 0.331 e. The van der Waals surface area contributed by atoms with Gasteiger partial charge in [-0.25, -0.2) is 4.79 Å². The highest BCUT2D eigenvalue weighted by Crippen LogP contribution is 2.08. The topological polar surface area (TPSA) is 87.6 Å². The van der Waals surface area contributed by atoms with Crippen molar-refractivity contribution in [1.82, 2.24) is 14.5 Å². The first kappa shape index (κ1) is 13.8. The summed E-state index contributed by atoms with van der Waals surface area (Å²) in [5.41, 5.74) is -2.00. The van der Waals surface area contributed by atoms with Crippen LogP contribution in [0.15, 0.2) is 9.59 Å². The quantitative estimate of drug-likeness (QED) is 0.742. The molecule has 1 fully saturated rings. The molecule has 0 radical (unpaired) electrons. The van der Waals surface area contributed by atoms with E-state index in [9.17, 15) is 19.1 Å². The van der Waals surface area contributed by atoms with Crippen LogP contribution in [0.4, 0.5) is 4.39 Å². The molecule has 1 aliphatic heterocycles. The van der Waals surface area contributed by atoms with Crippen molar-refractivity contribution in [2.75, 3.05) is 32.8 Å². The predicted molar refractivity (Wildman–Crippen MR) is 64.8 cm³/mol. The normalized spacial score (nSPS) is 16.7. The zero-order valence-corrected chi connectivity index (χ0v) is 10.4. The molecule has 0 saturated carbocycles. The molecule has 0 amide bonds. The molecule has 0 aromatic carbocycles. The largest absolute Gasteiger partial charge is 0.492 e. The number of hydrogen-bond donors (Lipinski definition) is 2. The van der Waals surface area contributed by atoms with Crippen LogP contribution in [0.2, 0.25) is 0 Å². The third-order valence-electron chi connectivity index (χ3n) is 3.08. The van der Waals surface area contributed by atoms with Gasteiger partial charge in [0, 0.05) is 26.2 Å². The Kier molecular flexibility index (Phi) is 4.33. The van der Waals surface area contributed by atoms with Gasteiger partial charge in [-0.05, 0) is 6.42 Å². The Hall–Kier alpha value is -1.67. The van der Waals surface area contributed by atoms with E-state index < -0.39 is 22.9 Å². The van der Waals surface area contributed by atoms with E-state index in [-0.39, 0.29) is 6.54 Å². The molecule has 0 unspecified atom stereocenters. The van der Waals surface area contributed by atoms with Crippen LogP contribution in [0.5, 0.6) is 5.88 Å². The van der Waals surface area contributed by atoms with Crippen LogP contribution in [0.1, 0.15) is 6.42 Å². The summed E-state index contributed by atoms with van der Waals surface area (Å²) < 4.78 is 19.2. The number of hydrogen-bond acceptors (Lipinski definition) is 5. The monoisotopic (exact) mass is 273 g/mol. The number of aromatic amines is 1. The zero-order chi connectivity index (χ0) is 13.8. The van der Waals surface area contributed by atoms with Gasteiger partial charge < -0.3 is 9.84 Å². The number of nitrogens with zero attached hydrogens (tertiary/aromatic N) is 2. The first-order chi connectivity index (χ1) is 9.09. The molecule has 0 spiro atoms. The summed E-state index contributed by atoms with van der Waals surface area (Å²) in [5, 5.41) is 9.43. The molecule has 0 bridgehead atoms. The number of nitrogens with one attached hydrogen (secondary N) is 1. The molecule has 2 rings (SSSR count). The van der Waals surface area contributed by atoms with E-state index in [1.807, 2.05) is 4.98 Å². The van der Waals surface area contributed by atoms with Crippen LogP contribution >= 0.6 is 0 Å². The molecule has 19 heavy (non-hydrogen) atoms. The van der Waals surface area contributed by atoms with Gasteiger partial charge in [0.2, 0.25) is 11.7 Å². The molecule has 2 heterocycles. The van der Waals surface area contributed by atoms with Crippen molar-refractivity contribution in [2.45, 2.75) is 13.0 Å². The number of rotatable bonds is 4.